The summed E-state index contributed by atoms with van der Waals surface area (Å²) in [4.78, 5) is 13.2. The lowest BCUT2D eigenvalue weighted by Gasteiger charge is -2.37. The molecule has 0 saturated heterocycles. The maximum absolute atomic E-state index is 12.0. The van der Waals surface area contributed by atoms with Crippen molar-refractivity contribution in [3.8, 4) is 0 Å². The van der Waals surface area contributed by atoms with Gasteiger partial charge in [0.2, 0.25) is 5.91 Å². The summed E-state index contributed by atoms with van der Waals surface area (Å²) in [7, 11) is 0. The molecule has 3 nitrogen and oxygen atoms in total. The van der Waals surface area contributed by atoms with Crippen LogP contribution in [0.4, 0.5) is 13.2 Å². The van der Waals surface area contributed by atoms with Crippen LogP contribution in [0.2, 0.25) is 0 Å². The molecule has 0 spiro atoms. The first-order valence-electron chi connectivity index (χ1n) is 5.91. The molecule has 0 aliphatic heterocycles. The van der Waals surface area contributed by atoms with Gasteiger partial charge in [-0.3, -0.25) is 4.79 Å². The highest BCUT2D eigenvalue weighted by molar-refractivity contribution is 5.76. The quantitative estimate of drug-likeness (QED) is 0.787. The number of halogens is 3. The molecule has 1 amide bonds. The van der Waals surface area contributed by atoms with Gasteiger partial charge in [0.15, 0.2) is 0 Å². The number of carbonyl (C=O) groups is 1. The number of nitrogens with zero attached hydrogens (tertiary/aromatic N) is 1. The van der Waals surface area contributed by atoms with Gasteiger partial charge in [-0.15, -0.1) is 0 Å². The highest BCUT2D eigenvalue weighted by Crippen LogP contribution is 2.27. The van der Waals surface area contributed by atoms with Gasteiger partial charge in [-0.1, -0.05) is 0 Å². The second-order valence-electron chi connectivity index (χ2n) is 4.36. The van der Waals surface area contributed by atoms with E-state index in [-0.39, 0.29) is 12.6 Å². The fourth-order valence-corrected chi connectivity index (χ4v) is 1.84. The Morgan fingerprint density at radius 3 is 2.41 bits per heavy atom. The molecular formula is C11H18F3NO2. The molecule has 0 heterocycles. The van der Waals surface area contributed by atoms with Crippen LogP contribution in [0.3, 0.4) is 0 Å². The molecule has 1 fully saturated rings. The average molecular weight is 253 g/mol. The molecule has 1 aliphatic rings. The van der Waals surface area contributed by atoms with Gasteiger partial charge in [0.1, 0.15) is 0 Å². The van der Waals surface area contributed by atoms with E-state index < -0.39 is 24.9 Å². The summed E-state index contributed by atoms with van der Waals surface area (Å²) >= 11 is 0. The van der Waals surface area contributed by atoms with E-state index in [9.17, 15) is 18.0 Å². The predicted octanol–water partition coefficient (Wildman–Crippen LogP) is 2.09. The summed E-state index contributed by atoms with van der Waals surface area (Å²) in [6, 6.07) is 0.0854. The van der Waals surface area contributed by atoms with Crippen molar-refractivity contribution >= 4 is 5.91 Å². The molecule has 0 unspecified atom stereocenters. The summed E-state index contributed by atoms with van der Waals surface area (Å²) in [6.45, 7) is 0.313. The van der Waals surface area contributed by atoms with Crippen molar-refractivity contribution in [2.75, 3.05) is 13.2 Å². The van der Waals surface area contributed by atoms with Gasteiger partial charge in [-0.2, -0.15) is 13.2 Å². The SMILES string of the molecule is O=C(CCC(F)(F)F)N(CCCO)C1CCC1. The third kappa shape index (κ3) is 4.93. The van der Waals surface area contributed by atoms with Crippen LogP contribution in [0, 0.1) is 0 Å². The number of hydrogen-bond donors (Lipinski definition) is 1. The number of aliphatic hydroxyl groups is 1. The van der Waals surface area contributed by atoms with Crippen molar-refractivity contribution in [3.63, 3.8) is 0 Å². The zero-order valence-corrected chi connectivity index (χ0v) is 9.67. The average Bonchev–Trinajstić information content (AvgIpc) is 2.16. The second-order valence-corrected chi connectivity index (χ2v) is 4.36. The first kappa shape index (κ1) is 14.3. The Bertz CT molecular complexity index is 252. The number of carbonyl (C=O) groups excluding carboxylic acids is 1. The second kappa shape index (κ2) is 6.23. The van der Waals surface area contributed by atoms with Crippen molar-refractivity contribution in [3.05, 3.63) is 0 Å². The Balaban J connectivity index is 2.41. The highest BCUT2D eigenvalue weighted by atomic mass is 19.4. The van der Waals surface area contributed by atoms with Crippen LogP contribution in [-0.4, -0.2) is 41.3 Å². The maximum Gasteiger partial charge on any atom is 0.389 e. The van der Waals surface area contributed by atoms with Gasteiger partial charge in [0.05, 0.1) is 6.42 Å². The van der Waals surface area contributed by atoms with E-state index >= 15 is 0 Å². The summed E-state index contributed by atoms with van der Waals surface area (Å²) in [5.74, 6) is -0.444. The largest absolute Gasteiger partial charge is 0.396 e. The minimum atomic E-state index is -4.28. The van der Waals surface area contributed by atoms with Gasteiger partial charge < -0.3 is 10.0 Å². The molecule has 6 heteroatoms. The number of rotatable bonds is 6. The zero-order valence-electron chi connectivity index (χ0n) is 9.67. The van der Waals surface area contributed by atoms with Crippen LogP contribution in [0.5, 0.6) is 0 Å². The van der Waals surface area contributed by atoms with E-state index in [0.29, 0.717) is 13.0 Å². The van der Waals surface area contributed by atoms with E-state index in [1.165, 1.54) is 4.90 Å². The number of hydrogen-bond acceptors (Lipinski definition) is 2. The van der Waals surface area contributed by atoms with Crippen LogP contribution in [-0.2, 0) is 4.79 Å². The molecule has 0 aromatic rings. The van der Waals surface area contributed by atoms with Crippen LogP contribution in [0.25, 0.3) is 0 Å². The van der Waals surface area contributed by atoms with E-state index in [2.05, 4.69) is 0 Å². The van der Waals surface area contributed by atoms with Crippen molar-refractivity contribution in [2.45, 2.75) is 50.7 Å². The summed E-state index contributed by atoms with van der Waals surface area (Å²) < 4.78 is 36.1. The number of aliphatic hydroxyl groups excluding tert-OH is 1. The van der Waals surface area contributed by atoms with E-state index in [1.807, 2.05) is 0 Å². The van der Waals surface area contributed by atoms with Crippen LogP contribution < -0.4 is 0 Å². The Kier molecular flexibility index (Phi) is 5.24. The Labute approximate surface area is 98.6 Å². The van der Waals surface area contributed by atoms with Crippen molar-refractivity contribution in [2.24, 2.45) is 0 Å². The molecule has 100 valence electrons. The minimum absolute atomic E-state index is 0.0459. The van der Waals surface area contributed by atoms with Crippen LogP contribution in [0.15, 0.2) is 0 Å². The van der Waals surface area contributed by atoms with Gasteiger partial charge in [-0.05, 0) is 25.7 Å². The monoisotopic (exact) mass is 253 g/mol. The lowest BCUT2D eigenvalue weighted by molar-refractivity contribution is -0.151. The molecule has 1 N–H and O–H groups in total. The normalized spacial score (nSPS) is 16.7. The van der Waals surface area contributed by atoms with E-state index in [4.69, 9.17) is 5.11 Å². The Hall–Kier alpha value is -0.780. The number of alkyl halides is 3. The molecule has 0 aromatic heterocycles. The van der Waals surface area contributed by atoms with Crippen molar-refractivity contribution < 1.29 is 23.1 Å². The fraction of sp³-hybridized carbons (Fsp3) is 0.909. The highest BCUT2D eigenvalue weighted by Gasteiger charge is 2.32. The smallest absolute Gasteiger partial charge is 0.389 e. The zero-order chi connectivity index (χ0) is 12.9. The molecule has 1 saturated carbocycles. The molecule has 1 rings (SSSR count). The maximum atomic E-state index is 12.0. The number of amides is 1. The predicted molar refractivity (Wildman–Crippen MR) is 56.3 cm³/mol. The molecule has 17 heavy (non-hydrogen) atoms. The molecule has 0 bridgehead atoms. The molecule has 1 aliphatic carbocycles. The topological polar surface area (TPSA) is 40.5 Å². The first-order chi connectivity index (χ1) is 7.94. The van der Waals surface area contributed by atoms with E-state index in [0.717, 1.165) is 19.3 Å². The van der Waals surface area contributed by atoms with Crippen molar-refractivity contribution in [1.29, 1.82) is 0 Å². The first-order valence-corrected chi connectivity index (χ1v) is 5.91. The lowest BCUT2D eigenvalue weighted by atomic mass is 9.91. The van der Waals surface area contributed by atoms with Crippen molar-refractivity contribution in [1.82, 2.24) is 4.90 Å². The molecule has 0 aromatic carbocycles. The third-order valence-electron chi connectivity index (χ3n) is 3.02. The van der Waals surface area contributed by atoms with Gasteiger partial charge in [0.25, 0.3) is 0 Å². The lowest BCUT2D eigenvalue weighted by Crippen LogP contribution is -2.45. The van der Waals surface area contributed by atoms with Gasteiger partial charge in [-0.25, -0.2) is 0 Å². The summed E-state index contributed by atoms with van der Waals surface area (Å²) in [5, 5.41) is 8.71. The molecular weight excluding hydrogens is 235 g/mol. The van der Waals surface area contributed by atoms with Crippen LogP contribution >= 0.6 is 0 Å². The van der Waals surface area contributed by atoms with Crippen LogP contribution in [0.1, 0.15) is 38.5 Å². The Morgan fingerprint density at radius 2 is 2.00 bits per heavy atom. The standard InChI is InChI=1S/C11H18F3NO2/c12-11(13,14)6-5-10(17)15(7-2-8-16)9-3-1-4-9/h9,16H,1-8H2. The van der Waals surface area contributed by atoms with Gasteiger partial charge >= 0.3 is 6.18 Å². The fourth-order valence-electron chi connectivity index (χ4n) is 1.84. The Morgan fingerprint density at radius 1 is 1.35 bits per heavy atom. The minimum Gasteiger partial charge on any atom is -0.396 e. The van der Waals surface area contributed by atoms with E-state index in [1.54, 1.807) is 0 Å². The summed E-state index contributed by atoms with van der Waals surface area (Å²) in [5.41, 5.74) is 0. The van der Waals surface area contributed by atoms with Gasteiger partial charge in [0, 0.05) is 25.6 Å². The molecule has 0 atom stereocenters. The molecule has 0 radical (unpaired) electrons. The summed E-state index contributed by atoms with van der Waals surface area (Å²) in [6.07, 6.45) is -2.65. The third-order valence-corrected chi connectivity index (χ3v) is 3.02.